The maximum atomic E-state index is 12.2. The molecule has 1 aromatic heterocycles. The topological polar surface area (TPSA) is 35.5 Å². The van der Waals surface area contributed by atoms with E-state index in [0.29, 0.717) is 22.6 Å². The van der Waals surface area contributed by atoms with Crippen molar-refractivity contribution in [2.45, 2.75) is 0 Å². The average molecular weight is 248 g/mol. The van der Waals surface area contributed by atoms with Crippen molar-refractivity contribution >= 4 is 17.1 Å². The molecule has 1 heterocycles. The number of hydrogen-bond donors (Lipinski definition) is 0. The van der Waals surface area contributed by atoms with Crippen LogP contribution in [0.2, 0.25) is 0 Å². The Kier molecular flexibility index (Phi) is 3.44. The number of carbonyl (C=O) groups is 1. The van der Waals surface area contributed by atoms with E-state index in [1.807, 2.05) is 10.8 Å². The van der Waals surface area contributed by atoms with Crippen LogP contribution >= 0.6 is 11.3 Å². The van der Waals surface area contributed by atoms with E-state index in [1.165, 1.54) is 11.3 Å². The van der Waals surface area contributed by atoms with Gasteiger partial charge in [0, 0.05) is 17.0 Å². The molecule has 2 rings (SSSR count). The lowest BCUT2D eigenvalue weighted by Crippen LogP contribution is -2.03. The predicted octanol–water partition coefficient (Wildman–Crippen LogP) is 3.00. The minimum atomic E-state index is -0.0363. The molecular formula is C13H12O3S. The van der Waals surface area contributed by atoms with E-state index >= 15 is 0 Å². The Labute approximate surface area is 104 Å². The van der Waals surface area contributed by atoms with Crippen LogP contribution in [0.3, 0.4) is 0 Å². The van der Waals surface area contributed by atoms with E-state index in [4.69, 9.17) is 9.47 Å². The van der Waals surface area contributed by atoms with Gasteiger partial charge in [0.1, 0.15) is 11.5 Å². The molecule has 0 bridgehead atoms. The first kappa shape index (κ1) is 11.7. The lowest BCUT2D eigenvalue weighted by Gasteiger charge is -2.08. The highest BCUT2D eigenvalue weighted by Crippen LogP contribution is 2.27. The fourth-order valence-corrected chi connectivity index (χ4v) is 2.17. The monoisotopic (exact) mass is 248 g/mol. The molecule has 0 spiro atoms. The van der Waals surface area contributed by atoms with Crippen molar-refractivity contribution in [3.05, 3.63) is 46.2 Å². The van der Waals surface area contributed by atoms with Gasteiger partial charge in [-0.25, -0.2) is 0 Å². The Hall–Kier alpha value is -1.81. The minimum absolute atomic E-state index is 0.0363. The van der Waals surface area contributed by atoms with Crippen molar-refractivity contribution in [1.82, 2.24) is 0 Å². The fourth-order valence-electron chi connectivity index (χ4n) is 1.54. The number of hydrogen-bond acceptors (Lipinski definition) is 4. The molecule has 0 aliphatic heterocycles. The van der Waals surface area contributed by atoms with Gasteiger partial charge in [-0.3, -0.25) is 4.79 Å². The molecule has 0 radical (unpaired) electrons. The smallest absolute Gasteiger partial charge is 0.197 e. The van der Waals surface area contributed by atoms with E-state index in [-0.39, 0.29) is 5.78 Å². The van der Waals surface area contributed by atoms with Gasteiger partial charge in [-0.05, 0) is 23.6 Å². The number of benzene rings is 1. The number of ketones is 1. The Bertz CT molecular complexity index is 517. The van der Waals surface area contributed by atoms with Crippen LogP contribution in [0, 0.1) is 0 Å². The van der Waals surface area contributed by atoms with Crippen LogP contribution in [0.1, 0.15) is 15.9 Å². The van der Waals surface area contributed by atoms with Gasteiger partial charge in [0.15, 0.2) is 5.78 Å². The van der Waals surface area contributed by atoms with Gasteiger partial charge in [0.2, 0.25) is 0 Å². The quantitative estimate of drug-likeness (QED) is 0.780. The predicted molar refractivity (Wildman–Crippen MR) is 67.3 cm³/mol. The van der Waals surface area contributed by atoms with Crippen LogP contribution in [0.25, 0.3) is 0 Å². The Balaban J connectivity index is 2.41. The van der Waals surface area contributed by atoms with Gasteiger partial charge in [0.05, 0.1) is 19.8 Å². The summed E-state index contributed by atoms with van der Waals surface area (Å²) >= 11 is 1.50. The second-order valence-corrected chi connectivity index (χ2v) is 4.19. The van der Waals surface area contributed by atoms with Gasteiger partial charge in [-0.15, -0.1) is 0 Å². The lowest BCUT2D eigenvalue weighted by atomic mass is 10.0. The molecule has 0 atom stereocenters. The highest BCUT2D eigenvalue weighted by Gasteiger charge is 2.15. The molecule has 0 amide bonds. The second-order valence-electron chi connectivity index (χ2n) is 3.41. The molecule has 0 saturated heterocycles. The Morgan fingerprint density at radius 2 is 2.00 bits per heavy atom. The highest BCUT2D eigenvalue weighted by atomic mass is 32.1. The summed E-state index contributed by atoms with van der Waals surface area (Å²) in [5.74, 6) is 1.16. The third-order valence-corrected chi connectivity index (χ3v) is 3.12. The maximum absolute atomic E-state index is 12.2. The van der Waals surface area contributed by atoms with Crippen molar-refractivity contribution in [1.29, 1.82) is 0 Å². The lowest BCUT2D eigenvalue weighted by molar-refractivity contribution is 0.103. The molecule has 4 heteroatoms. The number of thiophene rings is 1. The standard InChI is InChI=1S/C13H12O3S/c1-15-10-3-4-11(12(7-10)16-2)13(14)9-5-6-17-8-9/h3-8H,1-2H3. The molecule has 0 N–H and O–H groups in total. The third-order valence-electron chi connectivity index (χ3n) is 2.44. The van der Waals surface area contributed by atoms with Crippen molar-refractivity contribution < 1.29 is 14.3 Å². The zero-order valence-corrected chi connectivity index (χ0v) is 10.4. The highest BCUT2D eigenvalue weighted by molar-refractivity contribution is 7.08. The SMILES string of the molecule is COc1ccc(C(=O)c2ccsc2)c(OC)c1. The van der Waals surface area contributed by atoms with Crippen LogP contribution in [-0.4, -0.2) is 20.0 Å². The summed E-state index contributed by atoms with van der Waals surface area (Å²) in [6, 6.07) is 6.98. The molecule has 1 aromatic carbocycles. The van der Waals surface area contributed by atoms with Crippen LogP contribution in [0.5, 0.6) is 11.5 Å². The van der Waals surface area contributed by atoms with Gasteiger partial charge < -0.3 is 9.47 Å². The normalized spacial score (nSPS) is 10.0. The second kappa shape index (κ2) is 5.01. The third kappa shape index (κ3) is 2.31. The van der Waals surface area contributed by atoms with Gasteiger partial charge in [-0.1, -0.05) is 0 Å². The van der Waals surface area contributed by atoms with Crippen molar-refractivity contribution in [3.8, 4) is 11.5 Å². The van der Waals surface area contributed by atoms with Gasteiger partial charge >= 0.3 is 0 Å². The van der Waals surface area contributed by atoms with E-state index in [1.54, 1.807) is 38.5 Å². The Morgan fingerprint density at radius 1 is 1.18 bits per heavy atom. The molecular weight excluding hydrogens is 236 g/mol. The molecule has 0 aliphatic rings. The molecule has 0 unspecified atom stereocenters. The first-order chi connectivity index (χ1) is 8.26. The van der Waals surface area contributed by atoms with Gasteiger partial charge in [0.25, 0.3) is 0 Å². The van der Waals surface area contributed by atoms with Crippen LogP contribution in [-0.2, 0) is 0 Å². The van der Waals surface area contributed by atoms with E-state index in [0.717, 1.165) is 0 Å². The molecule has 0 saturated carbocycles. The van der Waals surface area contributed by atoms with Gasteiger partial charge in [-0.2, -0.15) is 11.3 Å². The average Bonchev–Trinajstić information content (AvgIpc) is 2.91. The molecule has 0 fully saturated rings. The molecule has 17 heavy (non-hydrogen) atoms. The summed E-state index contributed by atoms with van der Waals surface area (Å²) in [6.07, 6.45) is 0. The summed E-state index contributed by atoms with van der Waals surface area (Å²) in [7, 11) is 3.12. The molecule has 3 nitrogen and oxygen atoms in total. The molecule has 0 aliphatic carbocycles. The molecule has 88 valence electrons. The fraction of sp³-hybridized carbons (Fsp3) is 0.154. The van der Waals surface area contributed by atoms with Crippen LogP contribution in [0.15, 0.2) is 35.0 Å². The van der Waals surface area contributed by atoms with Crippen LogP contribution in [0.4, 0.5) is 0 Å². The number of methoxy groups -OCH3 is 2. The minimum Gasteiger partial charge on any atom is -0.497 e. The zero-order valence-electron chi connectivity index (χ0n) is 9.60. The van der Waals surface area contributed by atoms with E-state index < -0.39 is 0 Å². The Morgan fingerprint density at radius 3 is 2.59 bits per heavy atom. The van der Waals surface area contributed by atoms with Crippen LogP contribution < -0.4 is 9.47 Å². The van der Waals surface area contributed by atoms with Crippen molar-refractivity contribution in [3.63, 3.8) is 0 Å². The summed E-state index contributed by atoms with van der Waals surface area (Å²) in [5.41, 5.74) is 1.23. The largest absolute Gasteiger partial charge is 0.497 e. The van der Waals surface area contributed by atoms with E-state index in [9.17, 15) is 4.79 Å². The number of carbonyl (C=O) groups excluding carboxylic acids is 1. The number of rotatable bonds is 4. The maximum Gasteiger partial charge on any atom is 0.197 e. The van der Waals surface area contributed by atoms with Crippen molar-refractivity contribution in [2.75, 3.05) is 14.2 Å². The first-order valence-electron chi connectivity index (χ1n) is 5.05. The summed E-state index contributed by atoms with van der Waals surface area (Å²) in [6.45, 7) is 0. The first-order valence-corrected chi connectivity index (χ1v) is 5.99. The summed E-state index contributed by atoms with van der Waals surface area (Å²) in [4.78, 5) is 12.2. The zero-order chi connectivity index (χ0) is 12.3. The van der Waals surface area contributed by atoms with E-state index in [2.05, 4.69) is 0 Å². The summed E-state index contributed by atoms with van der Waals surface area (Å²) in [5, 5.41) is 3.70. The number of ether oxygens (including phenoxy) is 2. The molecule has 2 aromatic rings. The summed E-state index contributed by atoms with van der Waals surface area (Å²) < 4.78 is 10.3. The van der Waals surface area contributed by atoms with Crippen molar-refractivity contribution in [2.24, 2.45) is 0 Å².